The number of nitrogens with zero attached hydrogens (tertiary/aromatic N) is 3. The van der Waals surface area contributed by atoms with Crippen molar-refractivity contribution in [3.8, 4) is 0 Å². The molecule has 8 heteroatoms. The molecular formula is C20H19N5O3. The van der Waals surface area contributed by atoms with Crippen LogP contribution in [0, 0.1) is 0 Å². The number of hydrogen-bond acceptors (Lipinski definition) is 4. The highest BCUT2D eigenvalue weighted by atomic mass is 16.2. The second-order valence-corrected chi connectivity index (χ2v) is 6.45. The first kappa shape index (κ1) is 17.7. The fourth-order valence-corrected chi connectivity index (χ4v) is 3.27. The molecule has 0 radical (unpaired) electrons. The summed E-state index contributed by atoms with van der Waals surface area (Å²) in [6.07, 6.45) is 1.89. The SMILES string of the molecule is O=C(CCn1c(=O)[nH]c(=O)c2ccccc21)NCCn1cnc2ccccc21. The molecule has 2 aromatic heterocycles. The van der Waals surface area contributed by atoms with Gasteiger partial charge in [0.25, 0.3) is 5.56 Å². The Morgan fingerprint density at radius 1 is 1.00 bits per heavy atom. The van der Waals surface area contributed by atoms with Gasteiger partial charge in [-0.3, -0.25) is 19.1 Å². The zero-order chi connectivity index (χ0) is 19.5. The fourth-order valence-electron chi connectivity index (χ4n) is 3.27. The van der Waals surface area contributed by atoms with Gasteiger partial charge in [0.1, 0.15) is 0 Å². The summed E-state index contributed by atoms with van der Waals surface area (Å²) in [5.74, 6) is -0.161. The molecule has 0 fully saturated rings. The number of hydrogen-bond donors (Lipinski definition) is 2. The van der Waals surface area contributed by atoms with Gasteiger partial charge in [0, 0.05) is 26.1 Å². The minimum atomic E-state index is -0.513. The third-order valence-electron chi connectivity index (χ3n) is 4.67. The van der Waals surface area contributed by atoms with Gasteiger partial charge in [-0.2, -0.15) is 0 Å². The molecule has 0 aliphatic rings. The Morgan fingerprint density at radius 2 is 1.75 bits per heavy atom. The normalized spacial score (nSPS) is 11.1. The van der Waals surface area contributed by atoms with E-state index in [4.69, 9.17) is 0 Å². The van der Waals surface area contributed by atoms with Gasteiger partial charge in [0.15, 0.2) is 0 Å². The molecule has 2 heterocycles. The highest BCUT2D eigenvalue weighted by molar-refractivity contribution is 5.79. The Labute approximate surface area is 159 Å². The van der Waals surface area contributed by atoms with Gasteiger partial charge in [0.05, 0.1) is 28.3 Å². The van der Waals surface area contributed by atoms with Gasteiger partial charge in [-0.15, -0.1) is 0 Å². The van der Waals surface area contributed by atoms with Crippen LogP contribution in [0.2, 0.25) is 0 Å². The van der Waals surface area contributed by atoms with Crippen molar-refractivity contribution in [2.75, 3.05) is 6.54 Å². The second kappa shape index (κ2) is 7.51. The minimum absolute atomic E-state index is 0.140. The number of carbonyl (C=O) groups is 1. The second-order valence-electron chi connectivity index (χ2n) is 6.45. The summed E-state index contributed by atoms with van der Waals surface area (Å²) < 4.78 is 3.40. The van der Waals surface area contributed by atoms with Gasteiger partial charge in [0.2, 0.25) is 5.91 Å². The number of nitrogens with one attached hydrogen (secondary N) is 2. The zero-order valence-corrected chi connectivity index (χ0v) is 15.1. The maximum atomic E-state index is 12.2. The lowest BCUT2D eigenvalue weighted by Gasteiger charge is -2.10. The molecule has 2 N–H and O–H groups in total. The number of aryl methyl sites for hydroxylation is 1. The van der Waals surface area contributed by atoms with E-state index in [0.29, 0.717) is 24.0 Å². The van der Waals surface area contributed by atoms with E-state index in [0.717, 1.165) is 11.0 Å². The number of carbonyl (C=O) groups excluding carboxylic acids is 1. The van der Waals surface area contributed by atoms with Gasteiger partial charge >= 0.3 is 5.69 Å². The highest BCUT2D eigenvalue weighted by Crippen LogP contribution is 2.11. The van der Waals surface area contributed by atoms with Crippen LogP contribution in [-0.2, 0) is 17.9 Å². The van der Waals surface area contributed by atoms with E-state index in [2.05, 4.69) is 15.3 Å². The van der Waals surface area contributed by atoms with Crippen LogP contribution in [0.4, 0.5) is 0 Å². The van der Waals surface area contributed by atoms with E-state index in [1.807, 2.05) is 28.8 Å². The topological polar surface area (TPSA) is 102 Å². The molecule has 1 amide bonds. The molecule has 2 aromatic carbocycles. The molecule has 0 spiro atoms. The predicted octanol–water partition coefficient (Wildman–Crippen LogP) is 1.25. The number of aromatic amines is 1. The van der Waals surface area contributed by atoms with E-state index in [9.17, 15) is 14.4 Å². The summed E-state index contributed by atoms with van der Waals surface area (Å²) in [6.45, 7) is 1.25. The predicted molar refractivity (Wildman–Crippen MR) is 106 cm³/mol. The van der Waals surface area contributed by atoms with Crippen LogP contribution in [0.25, 0.3) is 21.9 Å². The molecular weight excluding hydrogens is 358 g/mol. The molecule has 0 unspecified atom stereocenters. The van der Waals surface area contributed by atoms with Crippen molar-refractivity contribution in [1.82, 2.24) is 24.4 Å². The molecule has 0 atom stereocenters. The number of rotatable bonds is 6. The lowest BCUT2D eigenvalue weighted by Crippen LogP contribution is -2.33. The lowest BCUT2D eigenvalue weighted by atomic mass is 10.2. The summed E-state index contributed by atoms with van der Waals surface area (Å²) in [5, 5.41) is 3.29. The minimum Gasteiger partial charge on any atom is -0.354 e. The van der Waals surface area contributed by atoms with Crippen LogP contribution >= 0.6 is 0 Å². The highest BCUT2D eigenvalue weighted by Gasteiger charge is 2.09. The molecule has 0 aliphatic carbocycles. The summed E-state index contributed by atoms with van der Waals surface area (Å²) in [4.78, 5) is 42.8. The summed E-state index contributed by atoms with van der Waals surface area (Å²) in [6, 6.07) is 14.7. The van der Waals surface area contributed by atoms with Crippen molar-refractivity contribution in [2.45, 2.75) is 19.5 Å². The van der Waals surface area contributed by atoms with Gasteiger partial charge in [-0.05, 0) is 24.3 Å². The van der Waals surface area contributed by atoms with E-state index in [1.165, 1.54) is 4.57 Å². The molecule has 0 aliphatic heterocycles. The van der Waals surface area contributed by atoms with Crippen molar-refractivity contribution in [3.05, 3.63) is 75.7 Å². The number of benzene rings is 2. The Kier molecular flexibility index (Phi) is 4.76. The quantitative estimate of drug-likeness (QED) is 0.528. The maximum absolute atomic E-state index is 12.2. The summed E-state index contributed by atoms with van der Waals surface area (Å²) in [7, 11) is 0. The Morgan fingerprint density at radius 3 is 2.61 bits per heavy atom. The van der Waals surface area contributed by atoms with Gasteiger partial charge < -0.3 is 9.88 Å². The fraction of sp³-hybridized carbons (Fsp3) is 0.200. The molecule has 28 heavy (non-hydrogen) atoms. The third-order valence-corrected chi connectivity index (χ3v) is 4.67. The molecule has 8 nitrogen and oxygen atoms in total. The molecule has 4 rings (SSSR count). The number of H-pyrrole nitrogens is 1. The van der Waals surface area contributed by atoms with Crippen LogP contribution in [0.5, 0.6) is 0 Å². The third kappa shape index (κ3) is 3.44. The van der Waals surface area contributed by atoms with Crippen molar-refractivity contribution in [2.24, 2.45) is 0 Å². The number of fused-ring (bicyclic) bond motifs is 2. The van der Waals surface area contributed by atoms with Gasteiger partial charge in [-0.25, -0.2) is 9.78 Å². The maximum Gasteiger partial charge on any atom is 0.328 e. The molecule has 0 saturated carbocycles. The van der Waals surface area contributed by atoms with E-state index in [1.54, 1.807) is 30.6 Å². The van der Waals surface area contributed by atoms with Crippen molar-refractivity contribution in [1.29, 1.82) is 0 Å². The first-order valence-corrected chi connectivity index (χ1v) is 9.02. The number of para-hydroxylation sites is 3. The van der Waals surface area contributed by atoms with Crippen molar-refractivity contribution in [3.63, 3.8) is 0 Å². The monoisotopic (exact) mass is 377 g/mol. The van der Waals surface area contributed by atoms with E-state index >= 15 is 0 Å². The summed E-state index contributed by atoms with van der Waals surface area (Å²) in [5.41, 5.74) is 1.52. The van der Waals surface area contributed by atoms with Gasteiger partial charge in [-0.1, -0.05) is 24.3 Å². The van der Waals surface area contributed by atoms with E-state index < -0.39 is 11.2 Å². The van der Waals surface area contributed by atoms with Crippen LogP contribution in [0.1, 0.15) is 6.42 Å². The Balaban J connectivity index is 1.38. The molecule has 0 bridgehead atoms. The number of aromatic nitrogens is 4. The number of imidazole rings is 1. The van der Waals surface area contributed by atoms with Crippen molar-refractivity contribution >= 4 is 27.8 Å². The largest absolute Gasteiger partial charge is 0.354 e. The van der Waals surface area contributed by atoms with Crippen LogP contribution in [0.15, 0.2) is 64.4 Å². The summed E-state index contributed by atoms with van der Waals surface area (Å²) >= 11 is 0. The molecule has 4 aromatic rings. The molecule has 0 saturated heterocycles. The standard InChI is InChI=1S/C20H19N5O3/c26-18(21-10-12-24-13-22-15-6-2-4-8-17(15)24)9-11-25-16-7-3-1-5-14(16)19(27)23-20(25)28/h1-8,13H,9-12H2,(H,21,26)(H,23,27,28). The Hall–Kier alpha value is -3.68. The number of amides is 1. The van der Waals surface area contributed by atoms with Crippen LogP contribution in [-0.4, -0.2) is 31.6 Å². The zero-order valence-electron chi connectivity index (χ0n) is 15.1. The lowest BCUT2D eigenvalue weighted by molar-refractivity contribution is -0.121. The van der Waals surface area contributed by atoms with Crippen molar-refractivity contribution < 1.29 is 4.79 Å². The van der Waals surface area contributed by atoms with Crippen LogP contribution < -0.4 is 16.6 Å². The van der Waals surface area contributed by atoms with Crippen LogP contribution in [0.3, 0.4) is 0 Å². The first-order chi connectivity index (χ1) is 13.6. The smallest absolute Gasteiger partial charge is 0.328 e. The van der Waals surface area contributed by atoms with E-state index in [-0.39, 0.29) is 18.9 Å². The Bertz CT molecular complexity index is 1270. The average molecular weight is 377 g/mol. The first-order valence-electron chi connectivity index (χ1n) is 9.02. The molecule has 142 valence electrons. The average Bonchev–Trinajstić information content (AvgIpc) is 3.11.